The fourth-order valence-corrected chi connectivity index (χ4v) is 3.55. The van der Waals surface area contributed by atoms with E-state index in [0.717, 1.165) is 31.5 Å². The van der Waals surface area contributed by atoms with Crippen LogP contribution in [0.15, 0.2) is 24.3 Å². The summed E-state index contributed by atoms with van der Waals surface area (Å²) in [5.74, 6) is -0.831. The van der Waals surface area contributed by atoms with Crippen molar-refractivity contribution in [2.24, 2.45) is 0 Å². The summed E-state index contributed by atoms with van der Waals surface area (Å²) in [5, 5.41) is 12.5. The van der Waals surface area contributed by atoms with Crippen molar-refractivity contribution in [3.63, 3.8) is 0 Å². The second-order valence-corrected chi connectivity index (χ2v) is 7.03. The average molecular weight is 404 g/mol. The summed E-state index contributed by atoms with van der Waals surface area (Å²) < 4.78 is 0. The lowest BCUT2D eigenvalue weighted by Crippen LogP contribution is -2.47. The van der Waals surface area contributed by atoms with Crippen LogP contribution in [-0.4, -0.2) is 66.1 Å². The summed E-state index contributed by atoms with van der Waals surface area (Å²) in [5.41, 5.74) is 0.909. The van der Waals surface area contributed by atoms with Crippen LogP contribution in [-0.2, 0) is 9.59 Å². The number of nitrogens with one attached hydrogen (secondary N) is 1. The van der Waals surface area contributed by atoms with Crippen molar-refractivity contribution in [3.05, 3.63) is 34.9 Å². The van der Waals surface area contributed by atoms with Crippen molar-refractivity contribution in [3.8, 4) is 0 Å². The minimum absolute atomic E-state index is 0. The van der Waals surface area contributed by atoms with Crippen molar-refractivity contribution in [2.45, 2.75) is 31.8 Å². The van der Waals surface area contributed by atoms with Crippen LogP contribution in [0.3, 0.4) is 0 Å². The molecule has 1 aromatic rings. The second kappa shape index (κ2) is 10.7. The topological polar surface area (TPSA) is 72.9 Å². The summed E-state index contributed by atoms with van der Waals surface area (Å²) >= 11 is 6.17. The van der Waals surface area contributed by atoms with Gasteiger partial charge in [-0.1, -0.05) is 29.8 Å². The van der Waals surface area contributed by atoms with Gasteiger partial charge in [0, 0.05) is 24.2 Å². The number of halogens is 2. The zero-order chi connectivity index (χ0) is 18.4. The number of hydrogen-bond acceptors (Lipinski definition) is 4. The predicted molar refractivity (Wildman–Crippen MR) is 105 cm³/mol. The van der Waals surface area contributed by atoms with Crippen LogP contribution in [0.25, 0.3) is 0 Å². The molecule has 1 atom stereocenters. The van der Waals surface area contributed by atoms with E-state index in [1.165, 1.54) is 0 Å². The number of piperidine rings is 1. The van der Waals surface area contributed by atoms with E-state index in [2.05, 4.69) is 10.2 Å². The summed E-state index contributed by atoms with van der Waals surface area (Å²) in [6, 6.07) is 7.63. The van der Waals surface area contributed by atoms with Crippen LogP contribution < -0.4 is 5.32 Å². The maximum Gasteiger partial charge on any atom is 0.317 e. The van der Waals surface area contributed by atoms with Crippen molar-refractivity contribution in [1.82, 2.24) is 15.1 Å². The standard InChI is InChI=1S/C18H26ClN3O3.ClH/c1-13(15-5-3-4-6-16(15)19)20-17(23)11-22-9-7-14(8-10-22)21(2)12-18(24)25;/h3-6,13-14H,7-12H2,1-2H3,(H,20,23)(H,24,25);1H. The largest absolute Gasteiger partial charge is 0.480 e. The Hall–Kier alpha value is -1.34. The van der Waals surface area contributed by atoms with Crippen LogP contribution in [0.2, 0.25) is 5.02 Å². The Kier molecular flexibility index (Phi) is 9.36. The smallest absolute Gasteiger partial charge is 0.317 e. The Balaban J connectivity index is 0.00000338. The number of amides is 1. The number of likely N-dealkylation sites (tertiary alicyclic amines) is 1. The first-order chi connectivity index (χ1) is 11.9. The molecule has 26 heavy (non-hydrogen) atoms. The molecule has 0 bridgehead atoms. The quantitative estimate of drug-likeness (QED) is 0.731. The molecular weight excluding hydrogens is 377 g/mol. The lowest BCUT2D eigenvalue weighted by molar-refractivity contribution is -0.138. The number of likely N-dealkylation sites (N-methyl/N-ethyl adjacent to an activating group) is 1. The molecule has 2 rings (SSSR count). The minimum Gasteiger partial charge on any atom is -0.480 e. The Labute approximate surface area is 165 Å². The maximum absolute atomic E-state index is 12.3. The van der Waals surface area contributed by atoms with Gasteiger partial charge >= 0.3 is 5.97 Å². The molecule has 8 heteroatoms. The van der Waals surface area contributed by atoms with Crippen molar-refractivity contribution >= 4 is 35.9 Å². The van der Waals surface area contributed by atoms with E-state index in [4.69, 9.17) is 16.7 Å². The highest BCUT2D eigenvalue weighted by molar-refractivity contribution is 6.31. The third kappa shape index (κ3) is 6.76. The second-order valence-electron chi connectivity index (χ2n) is 6.63. The first-order valence-electron chi connectivity index (χ1n) is 8.55. The van der Waals surface area contributed by atoms with E-state index in [1.807, 2.05) is 43.1 Å². The SMILES string of the molecule is CC(NC(=O)CN1CCC(N(C)CC(=O)O)CC1)c1ccccc1Cl.Cl. The number of benzene rings is 1. The van der Waals surface area contributed by atoms with E-state index >= 15 is 0 Å². The highest BCUT2D eigenvalue weighted by Gasteiger charge is 2.25. The van der Waals surface area contributed by atoms with Crippen LogP contribution in [0.5, 0.6) is 0 Å². The minimum atomic E-state index is -0.808. The molecule has 146 valence electrons. The monoisotopic (exact) mass is 403 g/mol. The number of carbonyl (C=O) groups excluding carboxylic acids is 1. The van der Waals surface area contributed by atoms with Gasteiger partial charge in [-0.3, -0.25) is 19.4 Å². The van der Waals surface area contributed by atoms with Gasteiger partial charge in [-0.05, 0) is 38.4 Å². The van der Waals surface area contributed by atoms with Crippen LogP contribution in [0, 0.1) is 0 Å². The van der Waals surface area contributed by atoms with Gasteiger partial charge in [-0.25, -0.2) is 0 Å². The number of carboxylic acids is 1. The van der Waals surface area contributed by atoms with Crippen molar-refractivity contribution in [2.75, 3.05) is 33.2 Å². The molecule has 0 aromatic heterocycles. The van der Waals surface area contributed by atoms with E-state index in [-0.39, 0.29) is 36.9 Å². The number of hydrogen-bond donors (Lipinski definition) is 2. The summed E-state index contributed by atoms with van der Waals surface area (Å²) in [6.45, 7) is 3.92. The highest BCUT2D eigenvalue weighted by Crippen LogP contribution is 2.22. The molecule has 0 spiro atoms. The van der Waals surface area contributed by atoms with Crippen molar-refractivity contribution in [1.29, 1.82) is 0 Å². The van der Waals surface area contributed by atoms with Gasteiger partial charge in [0.1, 0.15) is 0 Å². The van der Waals surface area contributed by atoms with Gasteiger partial charge in [0.15, 0.2) is 0 Å². The number of carboxylic acid groups (broad SMARTS) is 1. The Morgan fingerprint density at radius 2 is 1.96 bits per heavy atom. The molecule has 1 aliphatic heterocycles. The number of rotatable bonds is 7. The van der Waals surface area contributed by atoms with Gasteiger partial charge < -0.3 is 10.4 Å². The lowest BCUT2D eigenvalue weighted by Gasteiger charge is -2.35. The highest BCUT2D eigenvalue weighted by atomic mass is 35.5. The van der Waals surface area contributed by atoms with Gasteiger partial charge in [-0.2, -0.15) is 0 Å². The number of carbonyl (C=O) groups is 2. The summed E-state index contributed by atoms with van der Waals surface area (Å²) in [7, 11) is 1.84. The van der Waals surface area contributed by atoms with Crippen LogP contribution in [0.4, 0.5) is 0 Å². The molecule has 1 unspecified atom stereocenters. The fourth-order valence-electron chi connectivity index (χ4n) is 3.25. The molecule has 6 nitrogen and oxygen atoms in total. The first kappa shape index (κ1) is 22.7. The Morgan fingerprint density at radius 1 is 1.35 bits per heavy atom. The molecule has 1 aromatic carbocycles. The zero-order valence-corrected chi connectivity index (χ0v) is 16.7. The maximum atomic E-state index is 12.3. The number of aliphatic carboxylic acids is 1. The molecule has 1 amide bonds. The molecule has 1 heterocycles. The molecule has 1 saturated heterocycles. The third-order valence-corrected chi connectivity index (χ3v) is 5.03. The van der Waals surface area contributed by atoms with E-state index < -0.39 is 5.97 Å². The summed E-state index contributed by atoms with van der Waals surface area (Å²) in [4.78, 5) is 27.1. The molecule has 1 aliphatic rings. The van der Waals surface area contributed by atoms with Gasteiger partial charge in [0.2, 0.25) is 5.91 Å². The normalized spacial score (nSPS) is 16.8. The lowest BCUT2D eigenvalue weighted by atomic mass is 10.0. The summed E-state index contributed by atoms with van der Waals surface area (Å²) in [6.07, 6.45) is 1.74. The number of nitrogens with zero attached hydrogens (tertiary/aromatic N) is 2. The molecule has 2 N–H and O–H groups in total. The van der Waals surface area contributed by atoms with Gasteiger partial charge in [-0.15, -0.1) is 12.4 Å². The molecule has 0 aliphatic carbocycles. The Morgan fingerprint density at radius 3 is 2.54 bits per heavy atom. The Bertz CT molecular complexity index is 607. The molecule has 1 fully saturated rings. The van der Waals surface area contributed by atoms with E-state index in [0.29, 0.717) is 11.6 Å². The third-order valence-electron chi connectivity index (χ3n) is 4.68. The zero-order valence-electron chi connectivity index (χ0n) is 15.2. The first-order valence-corrected chi connectivity index (χ1v) is 8.92. The van der Waals surface area contributed by atoms with Gasteiger partial charge in [0.05, 0.1) is 19.1 Å². The fraction of sp³-hybridized carbons (Fsp3) is 0.556. The van der Waals surface area contributed by atoms with Crippen LogP contribution >= 0.6 is 24.0 Å². The van der Waals surface area contributed by atoms with Crippen LogP contribution in [0.1, 0.15) is 31.4 Å². The van der Waals surface area contributed by atoms with Gasteiger partial charge in [0.25, 0.3) is 0 Å². The van der Waals surface area contributed by atoms with E-state index in [1.54, 1.807) is 0 Å². The van der Waals surface area contributed by atoms with E-state index in [9.17, 15) is 9.59 Å². The predicted octanol–water partition coefficient (Wildman–Crippen LogP) is 2.42. The molecule has 0 radical (unpaired) electrons. The van der Waals surface area contributed by atoms with Crippen molar-refractivity contribution < 1.29 is 14.7 Å². The average Bonchev–Trinajstić information content (AvgIpc) is 2.55. The molecule has 0 saturated carbocycles. The molecular formula is C18H27Cl2N3O3.